The molecule has 2 N–H and O–H groups in total. The van der Waals surface area contributed by atoms with E-state index in [9.17, 15) is 4.21 Å². The summed E-state index contributed by atoms with van der Waals surface area (Å²) in [5, 5.41) is 0. The van der Waals surface area contributed by atoms with Crippen molar-refractivity contribution in [1.82, 2.24) is 0 Å². The topological polar surface area (TPSA) is 46.3 Å². The summed E-state index contributed by atoms with van der Waals surface area (Å²) in [6.45, 7) is 0. The van der Waals surface area contributed by atoms with Gasteiger partial charge in [-0.25, -0.2) is 7.92 Å². The Kier molecular flexibility index (Phi) is 4.28. The zero-order valence-corrected chi connectivity index (χ0v) is 11.1. The van der Waals surface area contributed by atoms with Crippen molar-refractivity contribution in [2.24, 2.45) is 0 Å². The van der Waals surface area contributed by atoms with Crippen molar-refractivity contribution in [2.45, 2.75) is 0 Å². The van der Waals surface area contributed by atoms with E-state index in [2.05, 4.69) is 15.9 Å². The molecule has 0 bridgehead atoms. The molecule has 0 aliphatic carbocycles. The maximum Gasteiger partial charge on any atom is 0.126 e. The second kappa shape index (κ2) is 5.04. The number of nitrogens with zero attached hydrogens (tertiary/aromatic N) is 1. The quantitative estimate of drug-likeness (QED) is 0.688. The van der Waals surface area contributed by atoms with Crippen molar-refractivity contribution in [3.05, 3.63) is 22.7 Å². The van der Waals surface area contributed by atoms with E-state index in [-0.39, 0.29) is 0 Å². The van der Waals surface area contributed by atoms with Gasteiger partial charge in [-0.15, -0.1) is 0 Å². The maximum absolute atomic E-state index is 11.4. The molecule has 1 aromatic rings. The highest BCUT2D eigenvalue weighted by Gasteiger charge is 2.12. The lowest BCUT2D eigenvalue weighted by Crippen LogP contribution is -2.16. The van der Waals surface area contributed by atoms with E-state index in [1.807, 2.05) is 12.3 Å². The van der Waals surface area contributed by atoms with Crippen LogP contribution in [0.2, 0.25) is 0 Å². The normalized spacial score (nSPS) is 12.5. The van der Waals surface area contributed by atoms with Gasteiger partial charge in [0.05, 0.1) is 5.69 Å². The van der Waals surface area contributed by atoms with Crippen LogP contribution in [0.4, 0.5) is 11.4 Å². The third-order valence-electron chi connectivity index (χ3n) is 1.57. The molecule has 0 fully saturated rings. The molecule has 0 saturated heterocycles. The summed E-state index contributed by atoms with van der Waals surface area (Å²) in [5.74, 6) is 0. The molecule has 0 aromatic heterocycles. The Hall–Kier alpha value is -0.200. The maximum atomic E-state index is 11.4. The van der Waals surface area contributed by atoms with Crippen LogP contribution in [0.3, 0.4) is 0 Å². The Morgan fingerprint density at radius 3 is 2.71 bits per heavy atom. The number of nitrogen functional groups attached to an aromatic ring is 1. The van der Waals surface area contributed by atoms with Crippen LogP contribution >= 0.6 is 27.9 Å². The molecular weight excluding hydrogens is 284 g/mol. The molecule has 1 rings (SSSR count). The first-order valence-electron chi connectivity index (χ1n) is 3.79. The smallest absolute Gasteiger partial charge is 0.126 e. The third kappa shape index (κ3) is 2.65. The van der Waals surface area contributed by atoms with Gasteiger partial charge in [0, 0.05) is 22.7 Å². The Labute approximate surface area is 98.9 Å². The Bertz CT molecular complexity index is 359. The first-order valence-corrected chi connectivity index (χ1v) is 7.28. The predicted molar refractivity (Wildman–Crippen MR) is 68.6 cm³/mol. The number of benzene rings is 1. The molecule has 78 valence electrons. The Morgan fingerprint density at radius 2 is 2.21 bits per heavy atom. The summed E-state index contributed by atoms with van der Waals surface area (Å²) < 4.78 is 14.0. The van der Waals surface area contributed by atoms with Gasteiger partial charge in [0.1, 0.15) is 11.0 Å². The van der Waals surface area contributed by atoms with Crippen molar-refractivity contribution in [3.63, 3.8) is 0 Å². The van der Waals surface area contributed by atoms with Crippen LogP contribution in [0.5, 0.6) is 0 Å². The van der Waals surface area contributed by atoms with Crippen LogP contribution in [0.1, 0.15) is 0 Å². The van der Waals surface area contributed by atoms with Gasteiger partial charge in [-0.05, 0) is 46.1 Å². The minimum absolute atomic E-state index is 0.660. The summed E-state index contributed by atoms with van der Waals surface area (Å²) >= 11 is 4.80. The van der Waals surface area contributed by atoms with E-state index in [0.717, 1.165) is 10.2 Å². The molecule has 1 atom stereocenters. The van der Waals surface area contributed by atoms with Crippen molar-refractivity contribution in [1.29, 1.82) is 0 Å². The lowest BCUT2D eigenvalue weighted by Gasteiger charge is -2.19. The van der Waals surface area contributed by atoms with E-state index in [1.165, 1.54) is 11.9 Å². The molecule has 0 saturated carbocycles. The third-order valence-corrected chi connectivity index (χ3v) is 4.51. The SMILES string of the molecule is CSN(c1cc(N)ccc1Br)S(C)=O. The predicted octanol–water partition coefficient (Wildman–Crippen LogP) is 2.41. The molecule has 6 heteroatoms. The fourth-order valence-corrected chi connectivity index (χ4v) is 3.29. The van der Waals surface area contributed by atoms with Gasteiger partial charge in [0.25, 0.3) is 0 Å². The number of nitrogens with two attached hydrogens (primary N) is 1. The molecule has 0 aliphatic rings. The van der Waals surface area contributed by atoms with E-state index >= 15 is 0 Å². The second-order valence-corrected chi connectivity index (χ2v) is 5.60. The highest BCUT2D eigenvalue weighted by Crippen LogP contribution is 2.32. The number of hydrogen-bond acceptors (Lipinski definition) is 3. The molecule has 1 unspecified atom stereocenters. The molecule has 1 aromatic carbocycles. The lowest BCUT2D eigenvalue weighted by molar-refractivity contribution is 0.688. The van der Waals surface area contributed by atoms with Gasteiger partial charge in [-0.2, -0.15) is 0 Å². The molecule has 0 aliphatic heterocycles. The zero-order valence-electron chi connectivity index (χ0n) is 7.86. The van der Waals surface area contributed by atoms with Crippen LogP contribution < -0.4 is 9.44 Å². The Morgan fingerprint density at radius 1 is 1.57 bits per heavy atom. The van der Waals surface area contributed by atoms with Crippen molar-refractivity contribution in [3.8, 4) is 0 Å². The van der Waals surface area contributed by atoms with Crippen LogP contribution in [-0.4, -0.2) is 16.7 Å². The van der Waals surface area contributed by atoms with Crippen LogP contribution in [-0.2, 0) is 11.0 Å². The van der Waals surface area contributed by atoms with E-state index in [4.69, 9.17) is 5.73 Å². The minimum Gasteiger partial charge on any atom is -0.399 e. The highest BCUT2D eigenvalue weighted by molar-refractivity contribution is 9.10. The Balaban J connectivity index is 3.15. The zero-order chi connectivity index (χ0) is 10.7. The average molecular weight is 295 g/mol. The van der Waals surface area contributed by atoms with Gasteiger partial charge in [-0.3, -0.25) is 0 Å². The molecule has 0 radical (unpaired) electrons. The number of halogens is 1. The van der Waals surface area contributed by atoms with Gasteiger partial charge in [0.2, 0.25) is 0 Å². The summed E-state index contributed by atoms with van der Waals surface area (Å²) in [5.41, 5.74) is 7.16. The molecule has 3 nitrogen and oxygen atoms in total. The van der Waals surface area contributed by atoms with Gasteiger partial charge in [0.15, 0.2) is 0 Å². The van der Waals surface area contributed by atoms with E-state index < -0.39 is 11.0 Å². The van der Waals surface area contributed by atoms with Gasteiger partial charge in [-0.1, -0.05) is 0 Å². The average Bonchev–Trinajstić information content (AvgIpc) is 2.11. The fourth-order valence-electron chi connectivity index (χ4n) is 1.01. The first-order chi connectivity index (χ1) is 6.56. The summed E-state index contributed by atoms with van der Waals surface area (Å²) in [4.78, 5) is 0. The first kappa shape index (κ1) is 11.9. The number of anilines is 2. The standard InChI is InChI=1S/C8H11BrN2OS2/c1-13-11(14(2)12)8-5-6(10)3-4-7(8)9/h3-5H,10H2,1-2H3. The largest absolute Gasteiger partial charge is 0.399 e. The number of hydrogen-bond donors (Lipinski definition) is 1. The summed E-state index contributed by atoms with van der Waals surface area (Å²) in [7, 11) is -1.06. The summed E-state index contributed by atoms with van der Waals surface area (Å²) in [6.07, 6.45) is 3.50. The van der Waals surface area contributed by atoms with Crippen LogP contribution in [0, 0.1) is 0 Å². The van der Waals surface area contributed by atoms with Crippen molar-refractivity contribution in [2.75, 3.05) is 22.0 Å². The van der Waals surface area contributed by atoms with Gasteiger partial charge < -0.3 is 5.73 Å². The van der Waals surface area contributed by atoms with Gasteiger partial charge >= 0.3 is 0 Å². The molecule has 0 spiro atoms. The second-order valence-electron chi connectivity index (χ2n) is 2.57. The van der Waals surface area contributed by atoms with Crippen molar-refractivity contribution >= 4 is 50.2 Å². The van der Waals surface area contributed by atoms with Crippen molar-refractivity contribution < 1.29 is 4.21 Å². The lowest BCUT2D eigenvalue weighted by atomic mass is 10.3. The minimum atomic E-state index is -1.06. The molecule has 14 heavy (non-hydrogen) atoms. The summed E-state index contributed by atoms with van der Waals surface area (Å²) in [6, 6.07) is 5.44. The molecule has 0 heterocycles. The van der Waals surface area contributed by atoms with E-state index in [1.54, 1.807) is 22.1 Å². The highest BCUT2D eigenvalue weighted by atomic mass is 79.9. The molecular formula is C8H11BrN2OS2. The van der Waals surface area contributed by atoms with Crippen LogP contribution in [0.15, 0.2) is 22.7 Å². The fraction of sp³-hybridized carbons (Fsp3) is 0.250. The van der Waals surface area contributed by atoms with E-state index in [0.29, 0.717) is 5.69 Å². The molecule has 0 amide bonds. The number of rotatable bonds is 3. The van der Waals surface area contributed by atoms with Crippen LogP contribution in [0.25, 0.3) is 0 Å². The monoisotopic (exact) mass is 294 g/mol.